The van der Waals surface area contributed by atoms with E-state index in [1.165, 1.54) is 0 Å². The first-order valence-electron chi connectivity index (χ1n) is 4.45. The molecule has 2 aromatic heterocycles. The zero-order valence-corrected chi connectivity index (χ0v) is 8.04. The smallest absolute Gasteiger partial charge is 0.272 e. The van der Waals surface area contributed by atoms with Gasteiger partial charge >= 0.3 is 0 Å². The number of anilines is 1. The minimum absolute atomic E-state index is 0.394. The van der Waals surface area contributed by atoms with Crippen molar-refractivity contribution in [2.24, 2.45) is 0 Å². The van der Waals surface area contributed by atoms with Crippen LogP contribution in [-0.2, 0) is 0 Å². The molecule has 2 heterocycles. The fourth-order valence-corrected chi connectivity index (χ4v) is 1.03. The molecule has 0 saturated heterocycles. The number of rotatable bonds is 4. The molecule has 2 rings (SSSR count). The second kappa shape index (κ2) is 4.32. The van der Waals surface area contributed by atoms with E-state index in [1.54, 1.807) is 10.6 Å². The van der Waals surface area contributed by atoms with E-state index in [2.05, 4.69) is 32.3 Å². The molecule has 6 heteroatoms. The minimum atomic E-state index is 0.394. The molecule has 0 fully saturated rings. The Morgan fingerprint density at radius 2 is 1.87 bits per heavy atom. The van der Waals surface area contributed by atoms with Crippen LogP contribution in [0.15, 0.2) is 37.2 Å². The summed E-state index contributed by atoms with van der Waals surface area (Å²) in [7, 11) is 0. The van der Waals surface area contributed by atoms with Crippen molar-refractivity contribution in [2.45, 2.75) is 0 Å². The Labute approximate surface area is 86.7 Å². The molecule has 0 aliphatic heterocycles. The van der Waals surface area contributed by atoms with E-state index in [1.807, 2.05) is 24.5 Å². The summed E-state index contributed by atoms with van der Waals surface area (Å²) in [6.45, 7) is 4.16. The van der Waals surface area contributed by atoms with Crippen molar-refractivity contribution >= 4 is 5.95 Å². The predicted molar refractivity (Wildman–Crippen MR) is 55.6 cm³/mol. The molecular formula is C9H10N6. The topological polar surface area (TPSA) is 68.5 Å². The lowest BCUT2D eigenvalue weighted by Crippen LogP contribution is -2.09. The number of hydrogen-bond donors (Lipinski definition) is 1. The third kappa shape index (κ3) is 2.16. The van der Waals surface area contributed by atoms with Gasteiger partial charge in [0, 0.05) is 18.9 Å². The fourth-order valence-electron chi connectivity index (χ4n) is 1.03. The van der Waals surface area contributed by atoms with Crippen LogP contribution in [-0.4, -0.2) is 31.5 Å². The zero-order valence-electron chi connectivity index (χ0n) is 8.04. The molecule has 0 bridgehead atoms. The molecular weight excluding hydrogens is 192 g/mol. The van der Waals surface area contributed by atoms with E-state index in [-0.39, 0.29) is 0 Å². The van der Waals surface area contributed by atoms with Crippen LogP contribution in [0.5, 0.6) is 0 Å². The Morgan fingerprint density at radius 3 is 2.47 bits per heavy atom. The van der Waals surface area contributed by atoms with E-state index < -0.39 is 0 Å². The van der Waals surface area contributed by atoms with E-state index in [4.69, 9.17) is 0 Å². The Morgan fingerprint density at radius 1 is 1.20 bits per heavy atom. The highest BCUT2D eigenvalue weighted by Gasteiger charge is 2.00. The summed E-state index contributed by atoms with van der Waals surface area (Å²) in [6.07, 6.45) is 5.37. The molecule has 0 radical (unpaired) electrons. The molecule has 0 aromatic carbocycles. The standard InChI is InChI=1S/C9H10N6/c1-2-5-10-8-11-13-9(14-12-8)15-6-3-4-7-15/h2-4,6-7H,1,5H2,(H,10,11,12). The molecule has 0 saturated carbocycles. The van der Waals surface area contributed by atoms with Gasteiger partial charge in [-0.15, -0.1) is 27.0 Å². The van der Waals surface area contributed by atoms with Crippen LogP contribution in [0.3, 0.4) is 0 Å². The maximum absolute atomic E-state index is 3.92. The van der Waals surface area contributed by atoms with Gasteiger partial charge in [-0.25, -0.2) is 0 Å². The molecule has 6 nitrogen and oxygen atoms in total. The highest BCUT2D eigenvalue weighted by atomic mass is 15.4. The fraction of sp³-hybridized carbons (Fsp3) is 0.111. The van der Waals surface area contributed by atoms with Crippen LogP contribution in [0.4, 0.5) is 5.95 Å². The van der Waals surface area contributed by atoms with Crippen molar-refractivity contribution in [2.75, 3.05) is 11.9 Å². The first kappa shape index (κ1) is 9.32. The van der Waals surface area contributed by atoms with Crippen molar-refractivity contribution in [1.82, 2.24) is 25.0 Å². The summed E-state index contributed by atoms with van der Waals surface area (Å²) >= 11 is 0. The quantitative estimate of drug-likeness (QED) is 0.737. The molecule has 15 heavy (non-hydrogen) atoms. The van der Waals surface area contributed by atoms with Gasteiger partial charge in [-0.3, -0.25) is 4.57 Å². The lowest BCUT2D eigenvalue weighted by atomic mass is 10.6. The summed E-state index contributed by atoms with van der Waals surface area (Å²) in [5.74, 6) is 0.843. The van der Waals surface area contributed by atoms with Crippen LogP contribution in [0, 0.1) is 0 Å². The monoisotopic (exact) mass is 202 g/mol. The highest BCUT2D eigenvalue weighted by molar-refractivity contribution is 5.22. The Hall–Kier alpha value is -2.24. The second-order valence-corrected chi connectivity index (χ2v) is 2.78. The van der Waals surface area contributed by atoms with Crippen molar-refractivity contribution in [1.29, 1.82) is 0 Å². The molecule has 0 unspecified atom stereocenters. The van der Waals surface area contributed by atoms with Gasteiger partial charge in [-0.05, 0) is 12.1 Å². The molecule has 0 aliphatic carbocycles. The molecule has 76 valence electrons. The summed E-state index contributed by atoms with van der Waals surface area (Å²) in [4.78, 5) is 0. The normalized spacial score (nSPS) is 9.87. The molecule has 0 amide bonds. The van der Waals surface area contributed by atoms with E-state index >= 15 is 0 Å². The third-order valence-corrected chi connectivity index (χ3v) is 1.71. The highest BCUT2D eigenvalue weighted by Crippen LogP contribution is 1.99. The molecule has 0 spiro atoms. The van der Waals surface area contributed by atoms with E-state index in [0.717, 1.165) is 0 Å². The molecule has 2 aromatic rings. The van der Waals surface area contributed by atoms with Crippen molar-refractivity contribution < 1.29 is 0 Å². The van der Waals surface area contributed by atoms with Gasteiger partial charge in [-0.1, -0.05) is 6.08 Å². The number of aromatic nitrogens is 5. The van der Waals surface area contributed by atoms with Crippen LogP contribution < -0.4 is 5.32 Å². The van der Waals surface area contributed by atoms with Crippen molar-refractivity contribution in [3.8, 4) is 5.95 Å². The summed E-state index contributed by atoms with van der Waals surface area (Å²) in [6, 6.07) is 3.76. The lowest BCUT2D eigenvalue weighted by molar-refractivity contribution is 0.787. The first-order valence-corrected chi connectivity index (χ1v) is 4.45. The molecule has 0 atom stereocenters. The van der Waals surface area contributed by atoms with E-state index in [9.17, 15) is 0 Å². The largest absolute Gasteiger partial charge is 0.348 e. The minimum Gasteiger partial charge on any atom is -0.348 e. The van der Waals surface area contributed by atoms with Gasteiger partial charge in [-0.2, -0.15) is 0 Å². The lowest BCUT2D eigenvalue weighted by Gasteiger charge is -2.00. The van der Waals surface area contributed by atoms with Crippen molar-refractivity contribution in [3.63, 3.8) is 0 Å². The molecule has 0 aliphatic rings. The van der Waals surface area contributed by atoms with Gasteiger partial charge in [0.2, 0.25) is 0 Å². The SMILES string of the molecule is C=CCNc1nnc(-n2cccc2)nn1. The summed E-state index contributed by atoms with van der Waals surface area (Å²) in [5.41, 5.74) is 0. The van der Waals surface area contributed by atoms with Crippen LogP contribution >= 0.6 is 0 Å². The van der Waals surface area contributed by atoms with E-state index in [0.29, 0.717) is 18.4 Å². The number of nitrogens with zero attached hydrogens (tertiary/aromatic N) is 5. The Bertz CT molecular complexity index is 418. The van der Waals surface area contributed by atoms with Crippen LogP contribution in [0.2, 0.25) is 0 Å². The number of hydrogen-bond acceptors (Lipinski definition) is 5. The first-order chi connectivity index (χ1) is 7.40. The maximum Gasteiger partial charge on any atom is 0.272 e. The second-order valence-electron chi connectivity index (χ2n) is 2.78. The summed E-state index contributed by atoms with van der Waals surface area (Å²) < 4.78 is 1.73. The average molecular weight is 202 g/mol. The van der Waals surface area contributed by atoms with Gasteiger partial charge in [0.05, 0.1) is 0 Å². The number of nitrogens with one attached hydrogen (secondary N) is 1. The third-order valence-electron chi connectivity index (χ3n) is 1.71. The predicted octanol–water partition coefficient (Wildman–Crippen LogP) is 0.655. The van der Waals surface area contributed by atoms with Gasteiger partial charge in [0.15, 0.2) is 0 Å². The molecule has 1 N–H and O–H groups in total. The van der Waals surface area contributed by atoms with Crippen molar-refractivity contribution in [3.05, 3.63) is 37.2 Å². The van der Waals surface area contributed by atoms with Gasteiger partial charge < -0.3 is 5.32 Å². The Kier molecular flexibility index (Phi) is 2.68. The van der Waals surface area contributed by atoms with Crippen LogP contribution in [0.1, 0.15) is 0 Å². The average Bonchev–Trinajstić information content (AvgIpc) is 2.80. The maximum atomic E-state index is 3.92. The van der Waals surface area contributed by atoms with Gasteiger partial charge in [0.1, 0.15) is 0 Å². The zero-order chi connectivity index (χ0) is 10.5. The Balaban J connectivity index is 2.14. The van der Waals surface area contributed by atoms with Gasteiger partial charge in [0.25, 0.3) is 11.9 Å². The van der Waals surface area contributed by atoms with Crippen LogP contribution in [0.25, 0.3) is 5.95 Å². The summed E-state index contributed by atoms with van der Waals surface area (Å²) in [5, 5.41) is 18.5.